The summed E-state index contributed by atoms with van der Waals surface area (Å²) in [5.74, 6) is 1.35. The molecule has 0 radical (unpaired) electrons. The number of carbonyl (C=O) groups excluding carboxylic acids is 1. The van der Waals surface area contributed by atoms with E-state index in [1.165, 1.54) is 0 Å². The number of hydrogen-bond acceptors (Lipinski definition) is 5. The third kappa shape index (κ3) is 5.30. The molecule has 1 aromatic carbocycles. The van der Waals surface area contributed by atoms with Gasteiger partial charge in [-0.15, -0.1) is 0 Å². The molecule has 1 heterocycles. The number of amides is 2. The molecule has 0 bridgehead atoms. The van der Waals surface area contributed by atoms with Crippen LogP contribution in [0.4, 0.5) is 10.5 Å². The van der Waals surface area contributed by atoms with Gasteiger partial charge in [0.1, 0.15) is 13.2 Å². The average molecular weight is 324 g/mol. The number of rotatable bonds is 8. The van der Waals surface area contributed by atoms with Crippen LogP contribution < -0.4 is 14.8 Å². The Balaban J connectivity index is 1.96. The Morgan fingerprint density at radius 3 is 2.61 bits per heavy atom. The van der Waals surface area contributed by atoms with Crippen molar-refractivity contribution in [1.29, 1.82) is 0 Å². The predicted octanol–water partition coefficient (Wildman–Crippen LogP) is 1.97. The lowest BCUT2D eigenvalue weighted by Gasteiger charge is -2.23. The van der Waals surface area contributed by atoms with Gasteiger partial charge in [0.15, 0.2) is 11.5 Å². The second kappa shape index (κ2) is 9.22. The zero-order valence-corrected chi connectivity index (χ0v) is 13.7. The van der Waals surface area contributed by atoms with Crippen molar-refractivity contribution in [3.63, 3.8) is 0 Å². The van der Waals surface area contributed by atoms with Gasteiger partial charge < -0.3 is 29.2 Å². The molecular formula is C16H24N2O5. The van der Waals surface area contributed by atoms with Crippen LogP contribution in [0, 0.1) is 0 Å². The molecule has 0 saturated heterocycles. The van der Waals surface area contributed by atoms with Gasteiger partial charge in [0, 0.05) is 45.7 Å². The van der Waals surface area contributed by atoms with Gasteiger partial charge in [0.25, 0.3) is 0 Å². The predicted molar refractivity (Wildman–Crippen MR) is 86.4 cm³/mol. The normalized spacial score (nSPS) is 12.8. The number of nitrogens with one attached hydrogen (secondary N) is 1. The van der Waals surface area contributed by atoms with Crippen molar-refractivity contribution in [2.24, 2.45) is 0 Å². The Hall–Kier alpha value is -1.99. The Kier molecular flexibility index (Phi) is 6.96. The molecule has 1 aliphatic rings. The standard InChI is InChI=1S/C16H24N2O5/c1-20-8-3-6-18(7-9-21-2)16(19)17-13-4-5-14-15(12-13)23-11-10-22-14/h4-5,12H,3,6-11H2,1-2H3,(H,17,19). The molecule has 7 nitrogen and oxygen atoms in total. The maximum absolute atomic E-state index is 12.4. The van der Waals surface area contributed by atoms with Crippen molar-refractivity contribution in [2.45, 2.75) is 6.42 Å². The molecule has 1 N–H and O–H groups in total. The molecule has 0 unspecified atom stereocenters. The summed E-state index contributed by atoms with van der Waals surface area (Å²) in [4.78, 5) is 14.1. The molecule has 128 valence electrons. The molecule has 23 heavy (non-hydrogen) atoms. The Morgan fingerprint density at radius 2 is 1.87 bits per heavy atom. The Morgan fingerprint density at radius 1 is 1.13 bits per heavy atom. The van der Waals surface area contributed by atoms with Crippen LogP contribution in [0.25, 0.3) is 0 Å². The number of fused-ring (bicyclic) bond motifs is 1. The van der Waals surface area contributed by atoms with Crippen LogP contribution >= 0.6 is 0 Å². The van der Waals surface area contributed by atoms with Crippen LogP contribution in [0.2, 0.25) is 0 Å². The van der Waals surface area contributed by atoms with Crippen LogP contribution in [0.1, 0.15) is 6.42 Å². The van der Waals surface area contributed by atoms with Crippen LogP contribution in [0.15, 0.2) is 18.2 Å². The van der Waals surface area contributed by atoms with E-state index >= 15 is 0 Å². The van der Waals surface area contributed by atoms with Crippen molar-refractivity contribution in [3.8, 4) is 11.5 Å². The highest BCUT2D eigenvalue weighted by atomic mass is 16.6. The first-order chi connectivity index (χ1) is 11.2. The van der Waals surface area contributed by atoms with Crippen LogP contribution in [0.3, 0.4) is 0 Å². The monoisotopic (exact) mass is 324 g/mol. The largest absolute Gasteiger partial charge is 0.486 e. The number of nitrogens with zero attached hydrogens (tertiary/aromatic N) is 1. The first-order valence-corrected chi connectivity index (χ1v) is 7.68. The number of urea groups is 1. The van der Waals surface area contributed by atoms with Gasteiger partial charge in [-0.05, 0) is 18.6 Å². The van der Waals surface area contributed by atoms with Gasteiger partial charge in [0.05, 0.1) is 6.61 Å². The van der Waals surface area contributed by atoms with Crippen molar-refractivity contribution in [3.05, 3.63) is 18.2 Å². The van der Waals surface area contributed by atoms with E-state index in [0.717, 1.165) is 6.42 Å². The fourth-order valence-electron chi connectivity index (χ4n) is 2.24. The molecule has 7 heteroatoms. The summed E-state index contributed by atoms with van der Waals surface area (Å²) in [6.07, 6.45) is 0.773. The zero-order chi connectivity index (χ0) is 16.5. The summed E-state index contributed by atoms with van der Waals surface area (Å²) in [7, 11) is 3.26. The Labute approximate surface area is 136 Å². The van der Waals surface area contributed by atoms with E-state index in [1.807, 2.05) is 0 Å². The van der Waals surface area contributed by atoms with Gasteiger partial charge in [0.2, 0.25) is 0 Å². The summed E-state index contributed by atoms with van der Waals surface area (Å²) < 4.78 is 21.1. The van der Waals surface area contributed by atoms with E-state index in [-0.39, 0.29) is 6.03 Å². The minimum Gasteiger partial charge on any atom is -0.486 e. The number of hydrogen-bond donors (Lipinski definition) is 1. The summed E-state index contributed by atoms with van der Waals surface area (Å²) in [6, 6.07) is 5.20. The van der Waals surface area contributed by atoms with Gasteiger partial charge in [-0.2, -0.15) is 0 Å². The maximum Gasteiger partial charge on any atom is 0.321 e. The van der Waals surface area contributed by atoms with Gasteiger partial charge in [-0.3, -0.25) is 0 Å². The summed E-state index contributed by atoms with van der Waals surface area (Å²) in [5, 5.41) is 2.88. The highest BCUT2D eigenvalue weighted by Gasteiger charge is 2.16. The molecule has 0 saturated carbocycles. The number of anilines is 1. The molecule has 1 aliphatic heterocycles. The molecule has 1 aromatic rings. The van der Waals surface area contributed by atoms with Crippen molar-refractivity contribution >= 4 is 11.7 Å². The molecule has 0 aliphatic carbocycles. The van der Waals surface area contributed by atoms with E-state index in [2.05, 4.69) is 5.32 Å². The number of carbonyl (C=O) groups is 1. The maximum atomic E-state index is 12.4. The topological polar surface area (TPSA) is 69.3 Å². The van der Waals surface area contributed by atoms with Gasteiger partial charge in [-0.1, -0.05) is 0 Å². The minimum atomic E-state index is -0.171. The first kappa shape index (κ1) is 17.4. The van der Waals surface area contributed by atoms with Crippen molar-refractivity contribution in [2.75, 3.05) is 59.1 Å². The quantitative estimate of drug-likeness (QED) is 0.741. The third-order valence-electron chi connectivity index (χ3n) is 3.42. The second-order valence-corrected chi connectivity index (χ2v) is 5.11. The molecule has 2 amide bonds. The van der Waals surface area contributed by atoms with Gasteiger partial charge in [-0.25, -0.2) is 4.79 Å². The van der Waals surface area contributed by atoms with E-state index in [4.69, 9.17) is 18.9 Å². The highest BCUT2D eigenvalue weighted by Crippen LogP contribution is 2.32. The van der Waals surface area contributed by atoms with Crippen molar-refractivity contribution < 1.29 is 23.7 Å². The lowest BCUT2D eigenvalue weighted by molar-refractivity contribution is 0.143. The van der Waals surface area contributed by atoms with E-state index in [0.29, 0.717) is 56.7 Å². The first-order valence-electron chi connectivity index (χ1n) is 7.68. The van der Waals surface area contributed by atoms with E-state index in [1.54, 1.807) is 37.3 Å². The lowest BCUT2D eigenvalue weighted by atomic mass is 10.2. The fourth-order valence-corrected chi connectivity index (χ4v) is 2.24. The molecule has 0 spiro atoms. The molecule has 2 rings (SSSR count). The van der Waals surface area contributed by atoms with Crippen LogP contribution in [-0.2, 0) is 9.47 Å². The van der Waals surface area contributed by atoms with E-state index < -0.39 is 0 Å². The molecule has 0 atom stereocenters. The van der Waals surface area contributed by atoms with Gasteiger partial charge >= 0.3 is 6.03 Å². The fraction of sp³-hybridized carbons (Fsp3) is 0.562. The minimum absolute atomic E-state index is 0.171. The smallest absolute Gasteiger partial charge is 0.321 e. The number of methoxy groups -OCH3 is 2. The van der Waals surface area contributed by atoms with Crippen LogP contribution in [-0.4, -0.2) is 64.7 Å². The lowest BCUT2D eigenvalue weighted by Crippen LogP contribution is -2.38. The third-order valence-corrected chi connectivity index (χ3v) is 3.42. The van der Waals surface area contributed by atoms with Crippen LogP contribution in [0.5, 0.6) is 11.5 Å². The Bertz CT molecular complexity index is 509. The zero-order valence-electron chi connectivity index (χ0n) is 13.7. The summed E-state index contributed by atoms with van der Waals surface area (Å²) in [6.45, 7) is 3.29. The molecular weight excluding hydrogens is 300 g/mol. The summed E-state index contributed by atoms with van der Waals surface area (Å²) >= 11 is 0. The SMILES string of the molecule is COCCCN(CCOC)C(=O)Nc1ccc2c(c1)OCCO2. The average Bonchev–Trinajstić information content (AvgIpc) is 2.57. The summed E-state index contributed by atoms with van der Waals surface area (Å²) in [5.41, 5.74) is 0.674. The molecule has 0 aromatic heterocycles. The molecule has 0 fully saturated rings. The second-order valence-electron chi connectivity index (χ2n) is 5.11. The van der Waals surface area contributed by atoms with Crippen molar-refractivity contribution in [1.82, 2.24) is 4.90 Å². The highest BCUT2D eigenvalue weighted by molar-refractivity contribution is 5.89. The van der Waals surface area contributed by atoms with E-state index in [9.17, 15) is 4.79 Å². The number of benzene rings is 1. The number of ether oxygens (including phenoxy) is 4.